The highest BCUT2D eigenvalue weighted by molar-refractivity contribution is 14.0. The Bertz CT molecular complexity index is 813. The molecule has 0 aliphatic heterocycles. The number of carbonyl (C=O) groups excluding carboxylic acids is 1. The second-order valence-corrected chi connectivity index (χ2v) is 8.05. The van der Waals surface area contributed by atoms with Crippen molar-refractivity contribution < 1.29 is 14.3 Å². The number of guanidine groups is 1. The van der Waals surface area contributed by atoms with Gasteiger partial charge < -0.3 is 25.0 Å². The fourth-order valence-electron chi connectivity index (χ4n) is 2.58. The number of thiophene rings is 1. The van der Waals surface area contributed by atoms with E-state index >= 15 is 0 Å². The summed E-state index contributed by atoms with van der Waals surface area (Å²) >= 11 is 1.73. The molecule has 0 unspecified atom stereocenters. The third-order valence-electron chi connectivity index (χ3n) is 4.33. The molecule has 172 valence electrons. The van der Waals surface area contributed by atoms with Crippen LogP contribution >= 0.6 is 35.3 Å². The Morgan fingerprint density at radius 2 is 2.00 bits per heavy atom. The number of ether oxygens (including phenoxy) is 2. The van der Waals surface area contributed by atoms with Crippen molar-refractivity contribution in [1.29, 1.82) is 0 Å². The smallest absolute Gasteiger partial charge is 0.241 e. The van der Waals surface area contributed by atoms with Crippen molar-refractivity contribution in [3.8, 4) is 5.75 Å². The number of nitrogens with one attached hydrogen (secondary N) is 2. The lowest BCUT2D eigenvalue weighted by Gasteiger charge is -2.15. The van der Waals surface area contributed by atoms with Crippen LogP contribution in [0, 0.1) is 6.92 Å². The number of benzene rings is 1. The van der Waals surface area contributed by atoms with Gasteiger partial charge in [-0.15, -0.1) is 35.3 Å². The molecule has 0 aliphatic carbocycles. The maximum absolute atomic E-state index is 12.0. The molecule has 0 bridgehead atoms. The topological polar surface area (TPSA) is 75.2 Å². The van der Waals surface area contributed by atoms with Crippen LogP contribution in [0.3, 0.4) is 0 Å². The van der Waals surface area contributed by atoms with Crippen molar-refractivity contribution >= 4 is 47.2 Å². The molecule has 2 rings (SSSR count). The number of halogens is 1. The summed E-state index contributed by atoms with van der Waals surface area (Å²) in [7, 11) is 5.13. The Balaban J connectivity index is 0.00000480. The first-order valence-electron chi connectivity index (χ1n) is 9.95. The van der Waals surface area contributed by atoms with Gasteiger partial charge in [0, 0.05) is 38.2 Å². The summed E-state index contributed by atoms with van der Waals surface area (Å²) in [5.74, 6) is 1.39. The number of hydrogen-bond acceptors (Lipinski definition) is 5. The van der Waals surface area contributed by atoms with Crippen LogP contribution in [0.1, 0.15) is 16.0 Å². The first kappa shape index (κ1) is 27.2. The SMILES string of the molecule is COCCOc1cc(C)ccc1CN=C(NCCc1cccs1)NCC(=O)N(C)C.I. The van der Waals surface area contributed by atoms with Gasteiger partial charge in [0.05, 0.1) is 19.7 Å². The molecule has 0 radical (unpaired) electrons. The van der Waals surface area contributed by atoms with E-state index in [0.717, 1.165) is 29.8 Å². The maximum atomic E-state index is 12.0. The molecule has 0 saturated heterocycles. The van der Waals surface area contributed by atoms with Crippen LogP contribution in [-0.4, -0.2) is 64.3 Å². The number of methoxy groups -OCH3 is 1. The number of nitrogens with zero attached hydrogens (tertiary/aromatic N) is 2. The first-order valence-corrected chi connectivity index (χ1v) is 10.8. The molecular formula is C22H33IN4O3S. The highest BCUT2D eigenvalue weighted by Gasteiger charge is 2.08. The highest BCUT2D eigenvalue weighted by atomic mass is 127. The molecule has 31 heavy (non-hydrogen) atoms. The lowest BCUT2D eigenvalue weighted by molar-refractivity contribution is -0.127. The quantitative estimate of drug-likeness (QED) is 0.191. The van der Waals surface area contributed by atoms with Crippen LogP contribution in [0.15, 0.2) is 40.7 Å². The molecule has 0 spiro atoms. The van der Waals surface area contributed by atoms with E-state index in [-0.39, 0.29) is 36.4 Å². The molecule has 2 N–H and O–H groups in total. The summed E-state index contributed by atoms with van der Waals surface area (Å²) in [6.07, 6.45) is 0.899. The van der Waals surface area contributed by atoms with E-state index in [1.165, 1.54) is 4.88 Å². The number of amides is 1. The van der Waals surface area contributed by atoms with Gasteiger partial charge in [0.25, 0.3) is 0 Å². The van der Waals surface area contributed by atoms with E-state index < -0.39 is 0 Å². The largest absolute Gasteiger partial charge is 0.491 e. The van der Waals surface area contributed by atoms with Crippen LogP contribution in [0.5, 0.6) is 5.75 Å². The number of rotatable bonds is 11. The maximum Gasteiger partial charge on any atom is 0.241 e. The number of likely N-dealkylation sites (N-methyl/N-ethyl adjacent to an activating group) is 1. The summed E-state index contributed by atoms with van der Waals surface area (Å²) in [4.78, 5) is 19.5. The van der Waals surface area contributed by atoms with Gasteiger partial charge in [-0.3, -0.25) is 4.79 Å². The fourth-order valence-corrected chi connectivity index (χ4v) is 3.29. The predicted molar refractivity (Wildman–Crippen MR) is 138 cm³/mol. The van der Waals surface area contributed by atoms with Crippen LogP contribution in [0.2, 0.25) is 0 Å². The van der Waals surface area contributed by atoms with E-state index in [2.05, 4.69) is 27.1 Å². The molecule has 0 atom stereocenters. The average molecular weight is 561 g/mol. The minimum atomic E-state index is -0.0123. The van der Waals surface area contributed by atoms with E-state index in [9.17, 15) is 4.79 Å². The number of aryl methyl sites for hydroxylation is 1. The monoisotopic (exact) mass is 560 g/mol. The van der Waals surface area contributed by atoms with Crippen molar-refractivity contribution in [3.63, 3.8) is 0 Å². The Morgan fingerprint density at radius 1 is 1.19 bits per heavy atom. The Labute approximate surface area is 206 Å². The standard InChI is InChI=1S/C22H32N4O3S.HI/c1-17-7-8-18(20(14-17)29-12-11-28-4)15-24-22(25-16-21(27)26(2)3)23-10-9-19-6-5-13-30-19;/h5-8,13-14H,9-12,15-16H2,1-4H3,(H2,23,24,25);1H. The molecule has 0 fully saturated rings. The van der Waals surface area contributed by atoms with Gasteiger partial charge in [-0.1, -0.05) is 18.2 Å². The zero-order valence-electron chi connectivity index (χ0n) is 18.6. The van der Waals surface area contributed by atoms with Gasteiger partial charge in [0.15, 0.2) is 5.96 Å². The molecule has 1 heterocycles. The van der Waals surface area contributed by atoms with E-state index in [1.54, 1.807) is 37.4 Å². The van der Waals surface area contributed by atoms with Crippen molar-refractivity contribution in [1.82, 2.24) is 15.5 Å². The van der Waals surface area contributed by atoms with Gasteiger partial charge in [-0.05, 0) is 36.4 Å². The number of aliphatic imine (C=N–C) groups is 1. The third-order valence-corrected chi connectivity index (χ3v) is 5.26. The Morgan fingerprint density at radius 3 is 2.68 bits per heavy atom. The number of hydrogen-bond donors (Lipinski definition) is 2. The summed E-state index contributed by atoms with van der Waals surface area (Å²) < 4.78 is 10.9. The zero-order valence-corrected chi connectivity index (χ0v) is 21.8. The second kappa shape index (κ2) is 15.0. The first-order chi connectivity index (χ1) is 14.5. The van der Waals surface area contributed by atoms with E-state index in [1.807, 2.05) is 31.2 Å². The normalized spacial score (nSPS) is 10.9. The van der Waals surface area contributed by atoms with Crippen molar-refractivity contribution in [2.45, 2.75) is 19.9 Å². The molecule has 9 heteroatoms. The summed E-state index contributed by atoms with van der Waals surface area (Å²) in [6, 6.07) is 10.2. The minimum absolute atomic E-state index is 0. The van der Waals surface area contributed by atoms with Crippen LogP contribution in [0.25, 0.3) is 0 Å². The summed E-state index contributed by atoms with van der Waals surface area (Å²) in [5, 5.41) is 8.51. The zero-order chi connectivity index (χ0) is 21.8. The van der Waals surface area contributed by atoms with Gasteiger partial charge in [0.2, 0.25) is 5.91 Å². The van der Waals surface area contributed by atoms with Crippen molar-refractivity contribution in [2.75, 3.05) is 47.5 Å². The highest BCUT2D eigenvalue weighted by Crippen LogP contribution is 2.21. The van der Waals surface area contributed by atoms with Crippen LogP contribution in [0.4, 0.5) is 0 Å². The van der Waals surface area contributed by atoms with Gasteiger partial charge >= 0.3 is 0 Å². The van der Waals surface area contributed by atoms with Gasteiger partial charge in [0.1, 0.15) is 12.4 Å². The minimum Gasteiger partial charge on any atom is -0.491 e. The van der Waals surface area contributed by atoms with Crippen LogP contribution in [-0.2, 0) is 22.5 Å². The van der Waals surface area contributed by atoms with Crippen LogP contribution < -0.4 is 15.4 Å². The summed E-state index contributed by atoms with van der Waals surface area (Å²) in [5.41, 5.74) is 2.11. The Hall–Kier alpha value is -1.85. The summed E-state index contributed by atoms with van der Waals surface area (Å²) in [6.45, 7) is 4.39. The molecule has 0 saturated carbocycles. The lowest BCUT2D eigenvalue weighted by atomic mass is 10.1. The van der Waals surface area contributed by atoms with Crippen molar-refractivity contribution in [3.05, 3.63) is 51.7 Å². The van der Waals surface area contributed by atoms with E-state index in [0.29, 0.717) is 25.7 Å². The van der Waals surface area contributed by atoms with Gasteiger partial charge in [-0.2, -0.15) is 0 Å². The molecule has 2 aromatic rings. The lowest BCUT2D eigenvalue weighted by Crippen LogP contribution is -2.43. The molecule has 1 aromatic carbocycles. The number of carbonyl (C=O) groups is 1. The second-order valence-electron chi connectivity index (χ2n) is 7.02. The van der Waals surface area contributed by atoms with Gasteiger partial charge in [-0.25, -0.2) is 4.99 Å². The average Bonchev–Trinajstić information content (AvgIpc) is 3.24. The predicted octanol–water partition coefficient (Wildman–Crippen LogP) is 3.07. The molecule has 0 aliphatic rings. The molecule has 1 aromatic heterocycles. The van der Waals surface area contributed by atoms with Crippen molar-refractivity contribution in [2.24, 2.45) is 4.99 Å². The third kappa shape index (κ3) is 10.3. The van der Waals surface area contributed by atoms with E-state index in [4.69, 9.17) is 9.47 Å². The molecule has 7 nitrogen and oxygen atoms in total. The molecule has 1 amide bonds. The fraction of sp³-hybridized carbons (Fsp3) is 0.455. The Kier molecular flexibility index (Phi) is 13.2. The molecular weight excluding hydrogens is 527 g/mol.